The third-order valence-corrected chi connectivity index (χ3v) is 3.87. The van der Waals surface area contributed by atoms with E-state index < -0.39 is 11.7 Å². The molecule has 1 aliphatic heterocycles. The van der Waals surface area contributed by atoms with Crippen LogP contribution in [0.3, 0.4) is 0 Å². The molecule has 2 aromatic rings. The van der Waals surface area contributed by atoms with E-state index in [2.05, 4.69) is 15.3 Å². The molecule has 132 valence electrons. The van der Waals surface area contributed by atoms with Gasteiger partial charge in [0.25, 0.3) is 0 Å². The lowest BCUT2D eigenvalue weighted by Gasteiger charge is -2.35. The molecule has 0 aliphatic carbocycles. The van der Waals surface area contributed by atoms with Gasteiger partial charge in [0.05, 0.1) is 5.56 Å². The Bertz CT molecular complexity index is 713. The van der Waals surface area contributed by atoms with Crippen LogP contribution in [0.15, 0.2) is 42.7 Å². The second kappa shape index (κ2) is 6.96. The molecule has 2 aromatic heterocycles. The van der Waals surface area contributed by atoms with Gasteiger partial charge in [-0.25, -0.2) is 14.8 Å². The number of halogens is 3. The Morgan fingerprint density at radius 1 is 1.04 bits per heavy atom. The Kier molecular flexibility index (Phi) is 4.73. The van der Waals surface area contributed by atoms with Crippen LogP contribution in [-0.4, -0.2) is 47.1 Å². The van der Waals surface area contributed by atoms with Crippen molar-refractivity contribution in [3.8, 4) is 0 Å². The topological polar surface area (TPSA) is 61.4 Å². The molecule has 0 saturated carbocycles. The second-order valence-corrected chi connectivity index (χ2v) is 5.52. The fraction of sp³-hybridized carbons (Fsp3) is 0.312. The average molecular weight is 351 g/mol. The molecule has 3 heterocycles. The van der Waals surface area contributed by atoms with Crippen LogP contribution in [0.25, 0.3) is 0 Å². The maximum Gasteiger partial charge on any atom is 0.417 e. The molecule has 9 heteroatoms. The summed E-state index contributed by atoms with van der Waals surface area (Å²) in [6.45, 7) is 1.88. The monoisotopic (exact) mass is 351 g/mol. The standard InChI is InChI=1S/C16H16F3N5O/c17-16(18,19)12-4-5-14(21-11-12)23-7-9-24(10-8-23)15(25)22-13-3-1-2-6-20-13/h1-6,11H,7-10H2,(H,20,22,25). The van der Waals surface area contributed by atoms with Crippen LogP contribution in [0, 0.1) is 0 Å². The van der Waals surface area contributed by atoms with Crippen molar-refractivity contribution < 1.29 is 18.0 Å². The fourth-order valence-electron chi connectivity index (χ4n) is 2.50. The van der Waals surface area contributed by atoms with Crippen molar-refractivity contribution >= 4 is 17.7 Å². The number of hydrogen-bond donors (Lipinski definition) is 1. The molecule has 0 bridgehead atoms. The van der Waals surface area contributed by atoms with Gasteiger partial charge >= 0.3 is 12.2 Å². The van der Waals surface area contributed by atoms with Crippen LogP contribution in [0.1, 0.15) is 5.56 Å². The molecule has 1 saturated heterocycles. The summed E-state index contributed by atoms with van der Waals surface area (Å²) in [6, 6.07) is 7.34. The number of anilines is 2. The molecule has 1 N–H and O–H groups in total. The van der Waals surface area contributed by atoms with Crippen molar-refractivity contribution in [3.63, 3.8) is 0 Å². The van der Waals surface area contributed by atoms with E-state index in [1.807, 2.05) is 4.90 Å². The molecule has 0 radical (unpaired) electrons. The number of pyridine rings is 2. The minimum Gasteiger partial charge on any atom is -0.353 e. The SMILES string of the molecule is O=C(Nc1ccccn1)N1CCN(c2ccc(C(F)(F)F)cn2)CC1. The Morgan fingerprint density at radius 3 is 2.36 bits per heavy atom. The number of nitrogens with one attached hydrogen (secondary N) is 1. The zero-order valence-electron chi connectivity index (χ0n) is 13.2. The first-order chi connectivity index (χ1) is 11.9. The second-order valence-electron chi connectivity index (χ2n) is 5.52. The number of aromatic nitrogens is 2. The summed E-state index contributed by atoms with van der Waals surface area (Å²) < 4.78 is 37.7. The Labute approximate surface area is 142 Å². The predicted molar refractivity (Wildman–Crippen MR) is 86.3 cm³/mol. The van der Waals surface area contributed by atoms with E-state index in [-0.39, 0.29) is 6.03 Å². The van der Waals surface area contributed by atoms with Gasteiger partial charge in [0.15, 0.2) is 0 Å². The largest absolute Gasteiger partial charge is 0.417 e. The number of nitrogens with zero attached hydrogens (tertiary/aromatic N) is 4. The third-order valence-electron chi connectivity index (χ3n) is 3.87. The van der Waals surface area contributed by atoms with E-state index in [1.54, 1.807) is 29.3 Å². The van der Waals surface area contributed by atoms with E-state index in [0.29, 0.717) is 37.8 Å². The number of alkyl halides is 3. The lowest BCUT2D eigenvalue weighted by molar-refractivity contribution is -0.137. The normalized spacial score (nSPS) is 15.2. The van der Waals surface area contributed by atoms with Crippen LogP contribution in [0.2, 0.25) is 0 Å². The van der Waals surface area contributed by atoms with Gasteiger partial charge in [-0.05, 0) is 24.3 Å². The molecule has 0 unspecified atom stereocenters. The summed E-state index contributed by atoms with van der Waals surface area (Å²) in [6.07, 6.45) is -1.98. The summed E-state index contributed by atoms with van der Waals surface area (Å²) in [5.74, 6) is 0.942. The van der Waals surface area contributed by atoms with Gasteiger partial charge in [0.2, 0.25) is 0 Å². The molecule has 6 nitrogen and oxygen atoms in total. The van der Waals surface area contributed by atoms with E-state index in [0.717, 1.165) is 12.3 Å². The minimum absolute atomic E-state index is 0.251. The zero-order valence-corrected chi connectivity index (χ0v) is 13.2. The van der Waals surface area contributed by atoms with Gasteiger partial charge in [-0.3, -0.25) is 5.32 Å². The Morgan fingerprint density at radius 2 is 1.80 bits per heavy atom. The molecule has 2 amide bonds. The molecule has 0 atom stereocenters. The quantitative estimate of drug-likeness (QED) is 0.904. The highest BCUT2D eigenvalue weighted by atomic mass is 19.4. The van der Waals surface area contributed by atoms with Crippen LogP contribution >= 0.6 is 0 Å². The smallest absolute Gasteiger partial charge is 0.353 e. The van der Waals surface area contributed by atoms with E-state index in [1.165, 1.54) is 6.07 Å². The molecule has 3 rings (SSSR count). The number of piperazine rings is 1. The van der Waals surface area contributed by atoms with Gasteiger partial charge in [0, 0.05) is 38.6 Å². The molecule has 1 aliphatic rings. The maximum absolute atomic E-state index is 12.6. The van der Waals surface area contributed by atoms with Crippen LogP contribution < -0.4 is 10.2 Å². The van der Waals surface area contributed by atoms with E-state index >= 15 is 0 Å². The maximum atomic E-state index is 12.6. The van der Waals surface area contributed by atoms with Gasteiger partial charge in [-0.2, -0.15) is 13.2 Å². The lowest BCUT2D eigenvalue weighted by atomic mass is 10.2. The molecule has 0 aromatic carbocycles. The number of rotatable bonds is 2. The van der Waals surface area contributed by atoms with Gasteiger partial charge < -0.3 is 9.80 Å². The fourth-order valence-corrected chi connectivity index (χ4v) is 2.50. The summed E-state index contributed by atoms with van der Waals surface area (Å²) in [5.41, 5.74) is -0.773. The van der Waals surface area contributed by atoms with Crippen LogP contribution in [0.5, 0.6) is 0 Å². The molecule has 0 spiro atoms. The summed E-state index contributed by atoms with van der Waals surface area (Å²) >= 11 is 0. The van der Waals surface area contributed by atoms with Gasteiger partial charge in [0.1, 0.15) is 11.6 Å². The average Bonchev–Trinajstić information content (AvgIpc) is 2.62. The predicted octanol–water partition coefficient (Wildman–Crippen LogP) is 2.85. The highest BCUT2D eigenvalue weighted by Crippen LogP contribution is 2.29. The van der Waals surface area contributed by atoms with Gasteiger partial charge in [-0.1, -0.05) is 6.07 Å². The van der Waals surface area contributed by atoms with Crippen molar-refractivity contribution in [2.24, 2.45) is 0 Å². The van der Waals surface area contributed by atoms with Gasteiger partial charge in [-0.15, -0.1) is 0 Å². The molecule has 1 fully saturated rings. The molecular weight excluding hydrogens is 335 g/mol. The third kappa shape index (κ3) is 4.17. The summed E-state index contributed by atoms with van der Waals surface area (Å²) in [4.78, 5) is 23.6. The number of carbonyl (C=O) groups excluding carboxylic acids is 1. The van der Waals surface area contributed by atoms with Crippen molar-refractivity contribution in [2.45, 2.75) is 6.18 Å². The number of urea groups is 1. The van der Waals surface area contributed by atoms with Crippen LogP contribution in [-0.2, 0) is 6.18 Å². The van der Waals surface area contributed by atoms with E-state index in [4.69, 9.17) is 0 Å². The number of hydrogen-bond acceptors (Lipinski definition) is 4. The summed E-state index contributed by atoms with van der Waals surface area (Å²) in [5, 5.41) is 2.71. The number of amides is 2. The minimum atomic E-state index is -4.40. The Balaban J connectivity index is 1.55. The first kappa shape index (κ1) is 17.0. The number of carbonyl (C=O) groups is 1. The first-order valence-corrected chi connectivity index (χ1v) is 7.68. The zero-order chi connectivity index (χ0) is 17.9. The summed E-state index contributed by atoms with van der Waals surface area (Å²) in [7, 11) is 0. The highest BCUT2D eigenvalue weighted by Gasteiger charge is 2.31. The highest BCUT2D eigenvalue weighted by molar-refractivity contribution is 5.88. The van der Waals surface area contributed by atoms with Crippen molar-refractivity contribution in [2.75, 3.05) is 36.4 Å². The lowest BCUT2D eigenvalue weighted by Crippen LogP contribution is -2.50. The van der Waals surface area contributed by atoms with Crippen molar-refractivity contribution in [1.82, 2.24) is 14.9 Å². The van der Waals surface area contributed by atoms with E-state index in [9.17, 15) is 18.0 Å². The Hall–Kier alpha value is -2.84. The molecular formula is C16H16F3N5O. The van der Waals surface area contributed by atoms with Crippen molar-refractivity contribution in [1.29, 1.82) is 0 Å². The first-order valence-electron chi connectivity index (χ1n) is 7.68. The van der Waals surface area contributed by atoms with Crippen molar-refractivity contribution in [3.05, 3.63) is 48.3 Å². The van der Waals surface area contributed by atoms with Crippen LogP contribution in [0.4, 0.5) is 29.6 Å². The molecule has 25 heavy (non-hydrogen) atoms.